The number of hydrogen-bond acceptors (Lipinski definition) is 2. The van der Waals surface area contributed by atoms with Crippen LogP contribution in [0.1, 0.15) is 39.1 Å². The van der Waals surface area contributed by atoms with Gasteiger partial charge in [0.25, 0.3) is 0 Å². The Morgan fingerprint density at radius 1 is 1.45 bits per heavy atom. The van der Waals surface area contributed by atoms with Gasteiger partial charge in [-0.15, -0.1) is 0 Å². The number of aromatic nitrogens is 1. The highest BCUT2D eigenvalue weighted by Gasteiger charge is 2.17. The summed E-state index contributed by atoms with van der Waals surface area (Å²) in [7, 11) is 0. The summed E-state index contributed by atoms with van der Waals surface area (Å²) in [6.45, 7) is 8.45. The SMILES string of the molecule is CCc1cc(C(C)(C)C)no1. The van der Waals surface area contributed by atoms with E-state index in [1.807, 2.05) is 6.07 Å². The van der Waals surface area contributed by atoms with E-state index in [2.05, 4.69) is 32.9 Å². The van der Waals surface area contributed by atoms with E-state index in [0.717, 1.165) is 17.9 Å². The van der Waals surface area contributed by atoms with Gasteiger partial charge in [-0.2, -0.15) is 0 Å². The average Bonchev–Trinajstić information content (AvgIpc) is 2.32. The maximum atomic E-state index is 5.09. The lowest BCUT2D eigenvalue weighted by atomic mass is 9.92. The van der Waals surface area contributed by atoms with Crippen LogP contribution in [0.15, 0.2) is 10.6 Å². The molecular weight excluding hydrogens is 138 g/mol. The van der Waals surface area contributed by atoms with Crippen LogP contribution in [0, 0.1) is 0 Å². The zero-order valence-corrected chi connectivity index (χ0v) is 7.64. The van der Waals surface area contributed by atoms with Gasteiger partial charge in [-0.1, -0.05) is 32.9 Å². The van der Waals surface area contributed by atoms with Gasteiger partial charge < -0.3 is 4.52 Å². The third-order valence-corrected chi connectivity index (χ3v) is 1.68. The lowest BCUT2D eigenvalue weighted by molar-refractivity contribution is 0.367. The van der Waals surface area contributed by atoms with E-state index in [1.54, 1.807) is 0 Å². The molecule has 0 N–H and O–H groups in total. The van der Waals surface area contributed by atoms with Gasteiger partial charge >= 0.3 is 0 Å². The Balaban J connectivity index is 2.89. The molecule has 0 radical (unpaired) electrons. The molecule has 1 rings (SSSR count). The fourth-order valence-electron chi connectivity index (χ4n) is 0.833. The van der Waals surface area contributed by atoms with Crippen LogP contribution in [0.3, 0.4) is 0 Å². The molecule has 1 heterocycles. The highest BCUT2D eigenvalue weighted by molar-refractivity contribution is 5.13. The normalized spacial score (nSPS) is 12.0. The summed E-state index contributed by atoms with van der Waals surface area (Å²) in [5, 5.41) is 3.98. The van der Waals surface area contributed by atoms with Crippen molar-refractivity contribution in [1.82, 2.24) is 5.16 Å². The van der Waals surface area contributed by atoms with Gasteiger partial charge in [0.15, 0.2) is 0 Å². The van der Waals surface area contributed by atoms with Crippen LogP contribution in [0.25, 0.3) is 0 Å². The molecule has 0 aromatic carbocycles. The quantitative estimate of drug-likeness (QED) is 0.619. The van der Waals surface area contributed by atoms with Crippen LogP contribution in [-0.2, 0) is 11.8 Å². The van der Waals surface area contributed by atoms with Crippen molar-refractivity contribution in [1.29, 1.82) is 0 Å². The Labute approximate surface area is 67.6 Å². The summed E-state index contributed by atoms with van der Waals surface area (Å²) < 4.78 is 5.09. The molecular formula is C9H15NO. The second-order valence-corrected chi connectivity index (χ2v) is 3.78. The van der Waals surface area contributed by atoms with E-state index >= 15 is 0 Å². The minimum atomic E-state index is 0.108. The Bertz CT molecular complexity index is 232. The second kappa shape index (κ2) is 2.68. The first-order chi connectivity index (χ1) is 5.04. The van der Waals surface area contributed by atoms with Crippen molar-refractivity contribution < 1.29 is 4.52 Å². The Morgan fingerprint density at radius 2 is 2.09 bits per heavy atom. The van der Waals surface area contributed by atoms with Gasteiger partial charge in [-0.3, -0.25) is 0 Å². The molecule has 0 unspecified atom stereocenters. The first-order valence-electron chi connectivity index (χ1n) is 4.00. The molecule has 0 amide bonds. The predicted molar refractivity (Wildman–Crippen MR) is 44.6 cm³/mol. The minimum absolute atomic E-state index is 0.108. The minimum Gasteiger partial charge on any atom is -0.361 e. The van der Waals surface area contributed by atoms with Gasteiger partial charge in [-0.05, 0) is 0 Å². The van der Waals surface area contributed by atoms with Crippen molar-refractivity contribution >= 4 is 0 Å². The molecule has 0 aliphatic rings. The number of nitrogens with zero attached hydrogens (tertiary/aromatic N) is 1. The molecule has 0 spiro atoms. The van der Waals surface area contributed by atoms with Gasteiger partial charge in [0.05, 0.1) is 5.69 Å². The maximum Gasteiger partial charge on any atom is 0.136 e. The van der Waals surface area contributed by atoms with Crippen LogP contribution in [0.2, 0.25) is 0 Å². The van der Waals surface area contributed by atoms with E-state index in [9.17, 15) is 0 Å². The van der Waals surface area contributed by atoms with E-state index < -0.39 is 0 Å². The topological polar surface area (TPSA) is 26.0 Å². The average molecular weight is 153 g/mol. The molecule has 0 aliphatic carbocycles. The lowest BCUT2D eigenvalue weighted by Gasteiger charge is -2.12. The second-order valence-electron chi connectivity index (χ2n) is 3.78. The zero-order chi connectivity index (χ0) is 8.48. The summed E-state index contributed by atoms with van der Waals surface area (Å²) in [4.78, 5) is 0. The molecule has 1 aromatic rings. The molecule has 62 valence electrons. The van der Waals surface area contributed by atoms with Crippen molar-refractivity contribution in [2.24, 2.45) is 0 Å². The third-order valence-electron chi connectivity index (χ3n) is 1.68. The van der Waals surface area contributed by atoms with Crippen LogP contribution < -0.4 is 0 Å². The summed E-state index contributed by atoms with van der Waals surface area (Å²) in [5.41, 5.74) is 1.14. The molecule has 0 atom stereocenters. The smallest absolute Gasteiger partial charge is 0.136 e. The third kappa shape index (κ3) is 1.82. The van der Waals surface area contributed by atoms with Gasteiger partial charge in [0.2, 0.25) is 0 Å². The molecule has 1 aromatic heterocycles. The molecule has 11 heavy (non-hydrogen) atoms. The number of rotatable bonds is 1. The standard InChI is InChI=1S/C9H15NO/c1-5-7-6-8(10-11-7)9(2,3)4/h6H,5H2,1-4H3. The Hall–Kier alpha value is -0.790. The zero-order valence-electron chi connectivity index (χ0n) is 7.64. The molecule has 0 saturated carbocycles. The molecule has 0 aliphatic heterocycles. The largest absolute Gasteiger partial charge is 0.361 e. The first-order valence-corrected chi connectivity index (χ1v) is 4.00. The van der Waals surface area contributed by atoms with Crippen molar-refractivity contribution in [2.75, 3.05) is 0 Å². The number of aryl methyl sites for hydroxylation is 1. The van der Waals surface area contributed by atoms with E-state index in [-0.39, 0.29) is 5.41 Å². The molecule has 0 fully saturated rings. The van der Waals surface area contributed by atoms with Crippen LogP contribution in [0.4, 0.5) is 0 Å². The van der Waals surface area contributed by atoms with Gasteiger partial charge in [0.1, 0.15) is 5.76 Å². The maximum absolute atomic E-state index is 5.09. The lowest BCUT2D eigenvalue weighted by Crippen LogP contribution is -2.10. The summed E-state index contributed by atoms with van der Waals surface area (Å²) >= 11 is 0. The van der Waals surface area contributed by atoms with Gasteiger partial charge in [-0.25, -0.2) is 0 Å². The van der Waals surface area contributed by atoms with E-state index in [4.69, 9.17) is 4.52 Å². The van der Waals surface area contributed by atoms with Crippen molar-refractivity contribution in [3.8, 4) is 0 Å². The van der Waals surface area contributed by atoms with Crippen molar-refractivity contribution in [3.63, 3.8) is 0 Å². The fraction of sp³-hybridized carbons (Fsp3) is 0.667. The van der Waals surface area contributed by atoms with Crippen LogP contribution in [0.5, 0.6) is 0 Å². The van der Waals surface area contributed by atoms with Crippen LogP contribution in [-0.4, -0.2) is 5.16 Å². The Kier molecular flexibility index (Phi) is 2.03. The summed E-state index contributed by atoms with van der Waals surface area (Å²) in [6, 6.07) is 2.03. The first kappa shape index (κ1) is 8.31. The molecule has 2 nitrogen and oxygen atoms in total. The van der Waals surface area contributed by atoms with Gasteiger partial charge in [0, 0.05) is 17.9 Å². The van der Waals surface area contributed by atoms with E-state index in [0.29, 0.717) is 0 Å². The molecule has 0 bridgehead atoms. The fourth-order valence-corrected chi connectivity index (χ4v) is 0.833. The van der Waals surface area contributed by atoms with Crippen LogP contribution >= 0.6 is 0 Å². The van der Waals surface area contributed by atoms with Crippen molar-refractivity contribution in [3.05, 3.63) is 17.5 Å². The monoisotopic (exact) mass is 153 g/mol. The molecule has 2 heteroatoms. The molecule has 0 saturated heterocycles. The Morgan fingerprint density at radius 3 is 2.36 bits per heavy atom. The number of hydrogen-bond donors (Lipinski definition) is 0. The van der Waals surface area contributed by atoms with E-state index in [1.165, 1.54) is 0 Å². The highest BCUT2D eigenvalue weighted by atomic mass is 16.5. The highest BCUT2D eigenvalue weighted by Crippen LogP contribution is 2.21. The summed E-state index contributed by atoms with van der Waals surface area (Å²) in [6.07, 6.45) is 0.920. The van der Waals surface area contributed by atoms with Crippen molar-refractivity contribution in [2.45, 2.75) is 39.5 Å². The predicted octanol–water partition coefficient (Wildman–Crippen LogP) is 2.53. The summed E-state index contributed by atoms with van der Waals surface area (Å²) in [5.74, 6) is 0.968.